The molecule has 0 amide bonds. The quantitative estimate of drug-likeness (QED) is 0.459. The Balaban J connectivity index is 2.46. The number of hydrogen-bond acceptors (Lipinski definition) is 3. The van der Waals surface area contributed by atoms with Crippen LogP contribution in [0.4, 0.5) is 0 Å². The van der Waals surface area contributed by atoms with E-state index in [0.29, 0.717) is 6.04 Å². The van der Waals surface area contributed by atoms with Crippen molar-refractivity contribution in [2.24, 2.45) is 5.16 Å². The molecule has 64 valence electrons. The first kappa shape index (κ1) is 8.53. The van der Waals surface area contributed by atoms with E-state index in [1.807, 2.05) is 0 Å². The lowest BCUT2D eigenvalue weighted by atomic mass is 10.1. The van der Waals surface area contributed by atoms with E-state index in [2.05, 4.69) is 23.9 Å². The van der Waals surface area contributed by atoms with E-state index in [-0.39, 0.29) is 0 Å². The second-order valence-corrected chi connectivity index (χ2v) is 3.33. The summed E-state index contributed by atoms with van der Waals surface area (Å²) in [5.41, 5.74) is 0.921. The molecule has 0 aliphatic carbocycles. The Morgan fingerprint density at radius 2 is 2.27 bits per heavy atom. The van der Waals surface area contributed by atoms with Gasteiger partial charge in [-0.25, -0.2) is 0 Å². The molecule has 1 rings (SSSR count). The summed E-state index contributed by atoms with van der Waals surface area (Å²) in [4.78, 5) is 2.32. The fourth-order valence-electron chi connectivity index (χ4n) is 1.40. The largest absolute Gasteiger partial charge is 0.411 e. The molecule has 1 aliphatic heterocycles. The van der Waals surface area contributed by atoms with Gasteiger partial charge in [-0.15, -0.1) is 0 Å². The van der Waals surface area contributed by atoms with Gasteiger partial charge in [-0.1, -0.05) is 5.16 Å². The van der Waals surface area contributed by atoms with Gasteiger partial charge in [0.1, 0.15) is 0 Å². The highest BCUT2D eigenvalue weighted by atomic mass is 16.4. The van der Waals surface area contributed by atoms with Crippen molar-refractivity contribution in [3.8, 4) is 0 Å². The van der Waals surface area contributed by atoms with Gasteiger partial charge in [0.25, 0.3) is 0 Å². The van der Waals surface area contributed by atoms with Crippen LogP contribution < -0.4 is 0 Å². The Hall–Kier alpha value is -0.570. The third-order valence-electron chi connectivity index (χ3n) is 2.17. The summed E-state index contributed by atoms with van der Waals surface area (Å²) in [6.45, 7) is 6.31. The molecule has 0 bridgehead atoms. The number of oxime groups is 1. The van der Waals surface area contributed by atoms with Crippen LogP contribution in [0.3, 0.4) is 0 Å². The Morgan fingerprint density at radius 3 is 2.82 bits per heavy atom. The molecule has 1 heterocycles. The van der Waals surface area contributed by atoms with Gasteiger partial charge in [-0.3, -0.25) is 4.90 Å². The van der Waals surface area contributed by atoms with Gasteiger partial charge >= 0.3 is 0 Å². The summed E-state index contributed by atoms with van der Waals surface area (Å²) in [7, 11) is 0. The van der Waals surface area contributed by atoms with Gasteiger partial charge in [0.05, 0.1) is 5.71 Å². The summed E-state index contributed by atoms with van der Waals surface area (Å²) < 4.78 is 0. The molecule has 0 aromatic heterocycles. The SMILES string of the molecule is CC(C)N1CCC/C(=N/O)C1. The van der Waals surface area contributed by atoms with Gasteiger partial charge in [0.15, 0.2) is 0 Å². The van der Waals surface area contributed by atoms with E-state index < -0.39 is 0 Å². The molecule has 1 N–H and O–H groups in total. The average molecular weight is 156 g/mol. The standard InChI is InChI=1S/C8H16N2O/c1-7(2)10-5-3-4-8(6-10)9-11/h7,11H,3-6H2,1-2H3/b9-8-. The molecular weight excluding hydrogens is 140 g/mol. The molecule has 3 heteroatoms. The van der Waals surface area contributed by atoms with E-state index in [0.717, 1.165) is 31.6 Å². The summed E-state index contributed by atoms with van der Waals surface area (Å²) in [6, 6.07) is 0.562. The Kier molecular flexibility index (Phi) is 2.88. The van der Waals surface area contributed by atoms with Gasteiger partial charge in [0, 0.05) is 12.6 Å². The molecule has 0 aromatic rings. The number of piperidine rings is 1. The van der Waals surface area contributed by atoms with Crippen LogP contribution in [0.2, 0.25) is 0 Å². The second-order valence-electron chi connectivity index (χ2n) is 3.33. The fourth-order valence-corrected chi connectivity index (χ4v) is 1.40. The first-order valence-electron chi connectivity index (χ1n) is 4.18. The van der Waals surface area contributed by atoms with Crippen molar-refractivity contribution in [3.05, 3.63) is 0 Å². The van der Waals surface area contributed by atoms with Gasteiger partial charge in [0.2, 0.25) is 0 Å². The number of nitrogens with zero attached hydrogens (tertiary/aromatic N) is 2. The maximum atomic E-state index is 8.55. The zero-order chi connectivity index (χ0) is 8.27. The Morgan fingerprint density at radius 1 is 1.55 bits per heavy atom. The minimum Gasteiger partial charge on any atom is -0.411 e. The molecule has 1 saturated heterocycles. The van der Waals surface area contributed by atoms with E-state index in [9.17, 15) is 0 Å². The monoisotopic (exact) mass is 156 g/mol. The lowest BCUT2D eigenvalue weighted by molar-refractivity contribution is 0.229. The molecular formula is C8H16N2O. The summed E-state index contributed by atoms with van der Waals surface area (Å²) in [5, 5.41) is 11.8. The van der Waals surface area contributed by atoms with Crippen LogP contribution in [-0.4, -0.2) is 35.0 Å². The van der Waals surface area contributed by atoms with Crippen LogP contribution in [-0.2, 0) is 0 Å². The molecule has 0 unspecified atom stereocenters. The molecule has 0 saturated carbocycles. The lowest BCUT2D eigenvalue weighted by Crippen LogP contribution is -2.40. The van der Waals surface area contributed by atoms with Crippen molar-refractivity contribution in [1.29, 1.82) is 0 Å². The first-order chi connectivity index (χ1) is 5.24. The normalized spacial score (nSPS) is 24.8. The number of likely N-dealkylation sites (tertiary alicyclic amines) is 1. The van der Waals surface area contributed by atoms with Crippen LogP contribution in [0.25, 0.3) is 0 Å². The van der Waals surface area contributed by atoms with Gasteiger partial charge in [-0.2, -0.15) is 0 Å². The van der Waals surface area contributed by atoms with E-state index >= 15 is 0 Å². The van der Waals surface area contributed by atoms with E-state index in [1.54, 1.807) is 0 Å². The van der Waals surface area contributed by atoms with Crippen LogP contribution in [0.1, 0.15) is 26.7 Å². The minimum atomic E-state index is 0.562. The molecule has 3 nitrogen and oxygen atoms in total. The predicted octanol–water partition coefficient (Wildman–Crippen LogP) is 1.32. The van der Waals surface area contributed by atoms with Gasteiger partial charge < -0.3 is 5.21 Å². The highest BCUT2D eigenvalue weighted by molar-refractivity contribution is 5.86. The first-order valence-corrected chi connectivity index (χ1v) is 4.18. The third-order valence-corrected chi connectivity index (χ3v) is 2.17. The summed E-state index contributed by atoms with van der Waals surface area (Å²) in [6.07, 6.45) is 2.08. The van der Waals surface area contributed by atoms with Crippen LogP contribution in [0, 0.1) is 0 Å². The van der Waals surface area contributed by atoms with Crippen LogP contribution >= 0.6 is 0 Å². The molecule has 1 aliphatic rings. The summed E-state index contributed by atoms with van der Waals surface area (Å²) in [5.74, 6) is 0. The average Bonchev–Trinajstić information content (AvgIpc) is 2.05. The Bertz CT molecular complexity index is 154. The highest BCUT2D eigenvalue weighted by Gasteiger charge is 2.17. The number of hydrogen-bond donors (Lipinski definition) is 1. The van der Waals surface area contributed by atoms with E-state index in [1.165, 1.54) is 0 Å². The van der Waals surface area contributed by atoms with E-state index in [4.69, 9.17) is 5.21 Å². The van der Waals surface area contributed by atoms with Crippen molar-refractivity contribution in [1.82, 2.24) is 4.90 Å². The lowest BCUT2D eigenvalue weighted by Gasteiger charge is -2.30. The maximum absolute atomic E-state index is 8.55. The van der Waals surface area contributed by atoms with Crippen LogP contribution in [0.15, 0.2) is 5.16 Å². The molecule has 0 aromatic carbocycles. The van der Waals surface area contributed by atoms with Crippen LogP contribution in [0.5, 0.6) is 0 Å². The fraction of sp³-hybridized carbons (Fsp3) is 0.875. The second kappa shape index (κ2) is 3.72. The Labute approximate surface area is 67.7 Å². The smallest absolute Gasteiger partial charge is 0.0711 e. The van der Waals surface area contributed by atoms with Crippen molar-refractivity contribution < 1.29 is 5.21 Å². The van der Waals surface area contributed by atoms with Crippen molar-refractivity contribution in [2.75, 3.05) is 13.1 Å². The van der Waals surface area contributed by atoms with Gasteiger partial charge in [-0.05, 0) is 33.2 Å². The summed E-state index contributed by atoms with van der Waals surface area (Å²) >= 11 is 0. The molecule has 0 radical (unpaired) electrons. The molecule has 1 fully saturated rings. The zero-order valence-electron chi connectivity index (χ0n) is 7.25. The third kappa shape index (κ3) is 2.19. The molecule has 0 atom stereocenters. The zero-order valence-corrected chi connectivity index (χ0v) is 7.25. The van der Waals surface area contributed by atoms with Crippen molar-refractivity contribution >= 4 is 5.71 Å². The van der Waals surface area contributed by atoms with Crippen molar-refractivity contribution in [3.63, 3.8) is 0 Å². The van der Waals surface area contributed by atoms with Crippen molar-refractivity contribution in [2.45, 2.75) is 32.7 Å². The maximum Gasteiger partial charge on any atom is 0.0711 e. The molecule has 11 heavy (non-hydrogen) atoms. The number of rotatable bonds is 1. The molecule has 0 spiro atoms. The highest BCUT2D eigenvalue weighted by Crippen LogP contribution is 2.09. The minimum absolute atomic E-state index is 0.562. The predicted molar refractivity (Wildman–Crippen MR) is 45.2 cm³/mol. The topological polar surface area (TPSA) is 35.8 Å².